The minimum absolute atomic E-state index is 0.0271. The van der Waals surface area contributed by atoms with E-state index in [4.69, 9.17) is 4.74 Å². The van der Waals surface area contributed by atoms with Gasteiger partial charge in [-0.1, -0.05) is 22.0 Å². The number of esters is 1. The smallest absolute Gasteiger partial charge is 0.338 e. The lowest BCUT2D eigenvalue weighted by atomic mass is 9.95. The van der Waals surface area contributed by atoms with Gasteiger partial charge in [0.15, 0.2) is 10.8 Å². The van der Waals surface area contributed by atoms with E-state index in [0.717, 1.165) is 0 Å². The molecular formula is C22H19BrFN5O4S2. The number of rotatable bonds is 8. The number of pyridine rings is 1. The summed E-state index contributed by atoms with van der Waals surface area (Å²) >= 11 is 4.67. The summed E-state index contributed by atoms with van der Waals surface area (Å²) in [7, 11) is -3.94. The molecule has 0 saturated heterocycles. The highest BCUT2D eigenvalue weighted by atomic mass is 79.9. The van der Waals surface area contributed by atoms with E-state index in [1.807, 2.05) is 0 Å². The minimum Gasteiger partial charge on any atom is -0.463 e. The van der Waals surface area contributed by atoms with Gasteiger partial charge in [0, 0.05) is 34.1 Å². The van der Waals surface area contributed by atoms with Crippen LogP contribution in [0.1, 0.15) is 23.5 Å². The van der Waals surface area contributed by atoms with Gasteiger partial charge in [-0.3, -0.25) is 9.98 Å². The molecule has 13 heteroatoms. The molecule has 1 aromatic carbocycles. The number of nitrogens with one attached hydrogen (secondary N) is 2. The van der Waals surface area contributed by atoms with Crippen molar-refractivity contribution in [1.29, 1.82) is 0 Å². The Morgan fingerprint density at radius 3 is 2.80 bits per heavy atom. The van der Waals surface area contributed by atoms with E-state index >= 15 is 0 Å². The topological polar surface area (TPSA) is 123 Å². The molecule has 3 aromatic rings. The van der Waals surface area contributed by atoms with Crippen molar-refractivity contribution in [3.05, 3.63) is 86.4 Å². The van der Waals surface area contributed by atoms with Gasteiger partial charge in [0.2, 0.25) is 10.0 Å². The minimum atomic E-state index is -3.94. The van der Waals surface area contributed by atoms with Gasteiger partial charge in [-0.15, -0.1) is 11.3 Å². The van der Waals surface area contributed by atoms with E-state index in [9.17, 15) is 17.6 Å². The molecule has 182 valence electrons. The fourth-order valence-electron chi connectivity index (χ4n) is 3.34. The Balaban J connectivity index is 1.80. The van der Waals surface area contributed by atoms with E-state index in [1.165, 1.54) is 54.1 Å². The van der Waals surface area contributed by atoms with Crippen LogP contribution >= 0.6 is 27.3 Å². The second-order valence-electron chi connectivity index (χ2n) is 7.13. The molecule has 0 aliphatic carbocycles. The molecule has 0 amide bonds. The Morgan fingerprint density at radius 2 is 2.14 bits per heavy atom. The number of carbonyl (C=O) groups is 1. The lowest BCUT2D eigenvalue weighted by molar-refractivity contribution is -0.139. The number of thiazole rings is 1. The van der Waals surface area contributed by atoms with Gasteiger partial charge in [0.05, 0.1) is 18.7 Å². The van der Waals surface area contributed by atoms with Crippen LogP contribution in [0.25, 0.3) is 0 Å². The predicted molar refractivity (Wildman–Crippen MR) is 132 cm³/mol. The van der Waals surface area contributed by atoms with E-state index < -0.39 is 27.9 Å². The first-order valence-electron chi connectivity index (χ1n) is 10.3. The molecule has 3 heterocycles. The summed E-state index contributed by atoms with van der Waals surface area (Å²) in [4.78, 5) is 25.8. The van der Waals surface area contributed by atoms with Crippen LogP contribution in [-0.2, 0) is 19.6 Å². The number of hydrogen-bond acceptors (Lipinski definition) is 9. The van der Waals surface area contributed by atoms with Crippen LogP contribution in [-0.4, -0.2) is 43.3 Å². The van der Waals surface area contributed by atoms with Crippen LogP contribution in [0.3, 0.4) is 0 Å². The maximum absolute atomic E-state index is 13.8. The quantitative estimate of drug-likeness (QED) is 0.392. The Kier molecular flexibility index (Phi) is 7.69. The van der Waals surface area contributed by atoms with Crippen molar-refractivity contribution >= 4 is 49.1 Å². The first-order chi connectivity index (χ1) is 16.8. The molecule has 0 saturated carbocycles. The number of benzene rings is 1. The number of aromatic nitrogens is 2. The van der Waals surface area contributed by atoms with Crippen molar-refractivity contribution < 1.29 is 22.3 Å². The number of hydrogen-bond donors (Lipinski definition) is 2. The number of halogens is 2. The van der Waals surface area contributed by atoms with Gasteiger partial charge >= 0.3 is 5.97 Å². The summed E-state index contributed by atoms with van der Waals surface area (Å²) in [6.07, 6.45) is 4.28. The third-order valence-electron chi connectivity index (χ3n) is 4.90. The van der Waals surface area contributed by atoms with Crippen LogP contribution in [0.4, 0.5) is 4.39 Å². The summed E-state index contributed by atoms with van der Waals surface area (Å²) < 4.78 is 47.6. The fraction of sp³-hybridized carbons (Fsp3) is 0.182. The zero-order valence-electron chi connectivity index (χ0n) is 18.2. The third kappa shape index (κ3) is 5.64. The SMILES string of the molecule is CCOC(=O)C1=C(CNS(=O)(=O)c2cccnc2)NC(c2nccs2)=NC1c1ccc(F)cc1Br. The highest BCUT2D eigenvalue weighted by Crippen LogP contribution is 2.36. The maximum atomic E-state index is 13.8. The van der Waals surface area contributed by atoms with Crippen molar-refractivity contribution in [2.45, 2.75) is 17.9 Å². The molecule has 4 rings (SSSR count). The Bertz CT molecular complexity index is 1400. The summed E-state index contributed by atoms with van der Waals surface area (Å²) in [5, 5.41) is 5.34. The summed E-state index contributed by atoms with van der Waals surface area (Å²) in [5.41, 5.74) is 0.823. The second-order valence-corrected chi connectivity index (χ2v) is 10.7. The van der Waals surface area contributed by atoms with Crippen molar-refractivity contribution in [1.82, 2.24) is 20.0 Å². The molecule has 1 unspecified atom stereocenters. The number of nitrogens with zero attached hydrogens (tertiary/aromatic N) is 3. The first-order valence-corrected chi connectivity index (χ1v) is 13.4. The van der Waals surface area contributed by atoms with Gasteiger partial charge in [-0.2, -0.15) is 0 Å². The molecule has 9 nitrogen and oxygen atoms in total. The molecule has 2 aromatic heterocycles. The van der Waals surface area contributed by atoms with Crippen LogP contribution in [0.15, 0.2) is 79.9 Å². The lowest BCUT2D eigenvalue weighted by Crippen LogP contribution is -2.39. The number of sulfonamides is 1. The highest BCUT2D eigenvalue weighted by Gasteiger charge is 2.34. The van der Waals surface area contributed by atoms with Crippen molar-refractivity contribution in [3.63, 3.8) is 0 Å². The molecule has 1 aliphatic heterocycles. The van der Waals surface area contributed by atoms with Gasteiger partial charge < -0.3 is 10.1 Å². The van der Waals surface area contributed by atoms with Gasteiger partial charge in [0.25, 0.3) is 0 Å². The van der Waals surface area contributed by atoms with Crippen LogP contribution in [0.2, 0.25) is 0 Å². The van der Waals surface area contributed by atoms with Crippen molar-refractivity contribution in [3.8, 4) is 0 Å². The van der Waals surface area contributed by atoms with Gasteiger partial charge in [-0.25, -0.2) is 27.3 Å². The lowest BCUT2D eigenvalue weighted by Gasteiger charge is -2.27. The number of amidine groups is 1. The zero-order chi connectivity index (χ0) is 25.0. The highest BCUT2D eigenvalue weighted by molar-refractivity contribution is 9.10. The number of aliphatic imine (C=N–C) groups is 1. The normalized spacial score (nSPS) is 16.0. The summed E-state index contributed by atoms with van der Waals surface area (Å²) in [6, 6.07) is 6.03. The van der Waals surface area contributed by atoms with E-state index in [-0.39, 0.29) is 29.3 Å². The second kappa shape index (κ2) is 10.7. The van der Waals surface area contributed by atoms with Crippen molar-refractivity contribution in [2.75, 3.05) is 13.2 Å². The van der Waals surface area contributed by atoms with Crippen LogP contribution < -0.4 is 10.0 Å². The van der Waals surface area contributed by atoms with E-state index in [1.54, 1.807) is 18.5 Å². The van der Waals surface area contributed by atoms with Crippen molar-refractivity contribution in [2.24, 2.45) is 4.99 Å². The Morgan fingerprint density at radius 1 is 1.31 bits per heavy atom. The molecule has 0 radical (unpaired) electrons. The van der Waals surface area contributed by atoms with Gasteiger partial charge in [0.1, 0.15) is 16.8 Å². The molecule has 2 N–H and O–H groups in total. The summed E-state index contributed by atoms with van der Waals surface area (Å²) in [6.45, 7) is 1.48. The van der Waals surface area contributed by atoms with Gasteiger partial charge in [-0.05, 0) is 36.8 Å². The first kappa shape index (κ1) is 25.1. The Hall–Kier alpha value is -3.00. The average Bonchev–Trinajstić information content (AvgIpc) is 3.38. The largest absolute Gasteiger partial charge is 0.463 e. The number of carbonyl (C=O) groups excluding carboxylic acids is 1. The molecule has 1 aliphatic rings. The molecule has 0 spiro atoms. The zero-order valence-corrected chi connectivity index (χ0v) is 21.5. The van der Waals surface area contributed by atoms with Crippen LogP contribution in [0.5, 0.6) is 0 Å². The van der Waals surface area contributed by atoms with Crippen LogP contribution in [0, 0.1) is 5.82 Å². The predicted octanol–water partition coefficient (Wildman–Crippen LogP) is 3.33. The van der Waals surface area contributed by atoms with E-state index in [0.29, 0.717) is 20.9 Å². The fourth-order valence-corrected chi connectivity index (χ4v) is 5.45. The molecular weight excluding hydrogens is 561 g/mol. The summed E-state index contributed by atoms with van der Waals surface area (Å²) in [5.74, 6) is -0.812. The Labute approximate surface area is 213 Å². The molecule has 1 atom stereocenters. The average molecular weight is 580 g/mol. The standard InChI is InChI=1S/C22H19BrFN5O4S2/c1-2-33-22(30)18-17(12-27-35(31,32)14-4-3-7-25-11-14)28-20(21-26-8-9-34-21)29-19(18)15-6-5-13(24)10-16(15)23/h3-11,19,27H,2,12H2,1H3,(H,28,29). The molecule has 0 fully saturated rings. The molecule has 0 bridgehead atoms. The molecule has 35 heavy (non-hydrogen) atoms. The maximum Gasteiger partial charge on any atom is 0.338 e. The van der Waals surface area contributed by atoms with E-state index in [2.05, 4.69) is 40.9 Å². The monoisotopic (exact) mass is 579 g/mol. The number of ether oxygens (including phenoxy) is 1. The third-order valence-corrected chi connectivity index (χ3v) is 7.75.